The highest BCUT2D eigenvalue weighted by molar-refractivity contribution is 5.97. The lowest BCUT2D eigenvalue weighted by Gasteiger charge is -2.24. The van der Waals surface area contributed by atoms with Crippen LogP contribution in [0.1, 0.15) is 18.4 Å². The van der Waals surface area contributed by atoms with Gasteiger partial charge in [0.2, 0.25) is 5.91 Å². The maximum Gasteiger partial charge on any atom is 0.490 e. The van der Waals surface area contributed by atoms with E-state index in [2.05, 4.69) is 10.00 Å². The standard InChI is InChI=1S/C15H18N4O2.C2HF3O2/c1-17-9-12(7-16-17)19-13-2-4-18(14(13)6-15(19)20)8-11-3-5-21-10-11;3-2(4,5)1(6)7/h3,5,7,9-10,13-14H,2,4,6,8H2,1H3;(H,6,7)/t13-,14+;/m0./s1. The molecule has 2 aromatic rings. The highest BCUT2D eigenvalue weighted by Gasteiger charge is 2.47. The first-order valence-corrected chi connectivity index (χ1v) is 8.52. The summed E-state index contributed by atoms with van der Waals surface area (Å²) in [6.45, 7) is 1.87. The molecule has 0 unspecified atom stereocenters. The van der Waals surface area contributed by atoms with Gasteiger partial charge in [0.05, 0.1) is 30.5 Å². The third kappa shape index (κ3) is 4.19. The van der Waals surface area contributed by atoms with Crippen molar-refractivity contribution in [2.75, 3.05) is 11.4 Å². The SMILES string of the molecule is Cn1cc(N2C(=O)C[C@@H]3[C@@H]2CCN3Cc2ccoc2)cn1.O=C(O)C(F)(F)F. The van der Waals surface area contributed by atoms with Crippen LogP contribution >= 0.6 is 0 Å². The average Bonchev–Trinajstić information content (AvgIpc) is 3.35. The van der Waals surface area contributed by atoms with Gasteiger partial charge < -0.3 is 14.4 Å². The van der Waals surface area contributed by atoms with Crippen LogP contribution < -0.4 is 4.90 Å². The monoisotopic (exact) mass is 400 g/mol. The molecule has 2 aliphatic rings. The summed E-state index contributed by atoms with van der Waals surface area (Å²) in [6, 6.07) is 2.56. The number of aromatic nitrogens is 2. The number of aryl methyl sites for hydroxylation is 1. The van der Waals surface area contributed by atoms with Gasteiger partial charge in [-0.2, -0.15) is 18.3 Å². The second-order valence-electron chi connectivity index (χ2n) is 6.67. The zero-order valence-corrected chi connectivity index (χ0v) is 15.0. The van der Waals surface area contributed by atoms with Gasteiger partial charge in [-0.25, -0.2) is 4.79 Å². The Morgan fingerprint density at radius 1 is 1.39 bits per heavy atom. The van der Waals surface area contributed by atoms with Crippen molar-refractivity contribution in [1.29, 1.82) is 0 Å². The molecule has 4 heterocycles. The minimum Gasteiger partial charge on any atom is -0.475 e. The summed E-state index contributed by atoms with van der Waals surface area (Å²) in [5.74, 6) is -2.55. The number of anilines is 1. The molecule has 8 nitrogen and oxygen atoms in total. The molecule has 2 aromatic heterocycles. The van der Waals surface area contributed by atoms with Crippen LogP contribution in [0, 0.1) is 0 Å². The van der Waals surface area contributed by atoms with Crippen molar-refractivity contribution in [2.45, 2.75) is 37.6 Å². The number of carbonyl (C=O) groups is 2. The van der Waals surface area contributed by atoms with Gasteiger partial charge in [0.15, 0.2) is 0 Å². The average molecular weight is 400 g/mol. The third-order valence-electron chi connectivity index (χ3n) is 4.79. The van der Waals surface area contributed by atoms with Gasteiger partial charge in [0.1, 0.15) is 0 Å². The molecule has 2 atom stereocenters. The number of likely N-dealkylation sites (tertiary alicyclic amines) is 1. The maximum atomic E-state index is 12.4. The number of halogens is 3. The first-order valence-electron chi connectivity index (χ1n) is 8.52. The van der Waals surface area contributed by atoms with Crippen LogP contribution in [0.3, 0.4) is 0 Å². The highest BCUT2D eigenvalue weighted by Crippen LogP contribution is 2.36. The number of rotatable bonds is 3. The fourth-order valence-electron chi connectivity index (χ4n) is 3.61. The van der Waals surface area contributed by atoms with Crippen LogP contribution in [0.15, 0.2) is 35.4 Å². The summed E-state index contributed by atoms with van der Waals surface area (Å²) in [6.07, 6.45) is 3.70. The predicted molar refractivity (Wildman–Crippen MR) is 90.3 cm³/mol. The summed E-state index contributed by atoms with van der Waals surface area (Å²) in [4.78, 5) is 25.6. The van der Waals surface area contributed by atoms with E-state index in [0.29, 0.717) is 12.5 Å². The van der Waals surface area contributed by atoms with E-state index >= 15 is 0 Å². The van der Waals surface area contributed by atoms with Gasteiger partial charge >= 0.3 is 12.1 Å². The molecule has 1 amide bonds. The molecule has 0 radical (unpaired) electrons. The summed E-state index contributed by atoms with van der Waals surface area (Å²) >= 11 is 0. The van der Waals surface area contributed by atoms with Crippen molar-refractivity contribution >= 4 is 17.6 Å². The smallest absolute Gasteiger partial charge is 0.475 e. The van der Waals surface area contributed by atoms with E-state index in [1.54, 1.807) is 23.4 Å². The number of nitrogens with zero attached hydrogens (tertiary/aromatic N) is 4. The summed E-state index contributed by atoms with van der Waals surface area (Å²) in [5.41, 5.74) is 2.09. The van der Waals surface area contributed by atoms with E-state index < -0.39 is 12.1 Å². The maximum absolute atomic E-state index is 12.4. The molecule has 0 spiro atoms. The lowest BCUT2D eigenvalue weighted by Crippen LogP contribution is -2.37. The Morgan fingerprint density at radius 2 is 2.11 bits per heavy atom. The molecule has 0 saturated carbocycles. The van der Waals surface area contributed by atoms with E-state index in [9.17, 15) is 18.0 Å². The van der Waals surface area contributed by atoms with Gasteiger partial charge in [0.25, 0.3) is 0 Å². The number of aliphatic carboxylic acids is 1. The number of carbonyl (C=O) groups excluding carboxylic acids is 1. The number of alkyl halides is 3. The Balaban J connectivity index is 0.000000279. The minimum atomic E-state index is -5.08. The van der Waals surface area contributed by atoms with Crippen molar-refractivity contribution in [2.24, 2.45) is 7.05 Å². The lowest BCUT2D eigenvalue weighted by atomic mass is 10.1. The Bertz CT molecular complexity index is 834. The number of furan rings is 1. The summed E-state index contributed by atoms with van der Waals surface area (Å²) in [5, 5.41) is 11.3. The van der Waals surface area contributed by atoms with Crippen LogP contribution in [-0.2, 0) is 23.2 Å². The lowest BCUT2D eigenvalue weighted by molar-refractivity contribution is -0.192. The molecule has 1 N–H and O–H groups in total. The predicted octanol–water partition coefficient (Wildman–Crippen LogP) is 2.03. The summed E-state index contributed by atoms with van der Waals surface area (Å²) in [7, 11) is 1.88. The third-order valence-corrected chi connectivity index (χ3v) is 4.79. The van der Waals surface area contributed by atoms with Crippen molar-refractivity contribution in [1.82, 2.24) is 14.7 Å². The van der Waals surface area contributed by atoms with Crippen molar-refractivity contribution in [3.63, 3.8) is 0 Å². The zero-order chi connectivity index (χ0) is 20.5. The molecular weight excluding hydrogens is 381 g/mol. The number of carboxylic acids is 1. The van der Waals surface area contributed by atoms with Gasteiger partial charge in [-0.1, -0.05) is 0 Å². The first kappa shape index (κ1) is 19.9. The Morgan fingerprint density at radius 3 is 2.64 bits per heavy atom. The second kappa shape index (κ2) is 7.66. The van der Waals surface area contributed by atoms with E-state index in [4.69, 9.17) is 14.3 Å². The van der Waals surface area contributed by atoms with Crippen LogP contribution in [-0.4, -0.2) is 56.5 Å². The molecule has 11 heteroatoms. The molecule has 2 saturated heterocycles. The number of carboxylic acid groups (broad SMARTS) is 1. The summed E-state index contributed by atoms with van der Waals surface area (Å²) < 4.78 is 38.6. The Hall–Kier alpha value is -2.82. The molecule has 28 heavy (non-hydrogen) atoms. The van der Waals surface area contributed by atoms with Gasteiger partial charge in [-0.15, -0.1) is 0 Å². The van der Waals surface area contributed by atoms with Gasteiger partial charge in [-0.3, -0.25) is 14.4 Å². The van der Waals surface area contributed by atoms with Crippen molar-refractivity contribution < 1.29 is 32.3 Å². The van der Waals surface area contributed by atoms with Crippen molar-refractivity contribution in [3.05, 3.63) is 36.5 Å². The van der Waals surface area contributed by atoms with E-state index in [1.807, 2.05) is 24.2 Å². The molecule has 0 aliphatic carbocycles. The molecule has 0 bridgehead atoms. The number of hydrogen-bond donors (Lipinski definition) is 1. The van der Waals surface area contributed by atoms with Crippen LogP contribution in [0.2, 0.25) is 0 Å². The highest BCUT2D eigenvalue weighted by atomic mass is 19.4. The fraction of sp³-hybridized carbons (Fsp3) is 0.471. The van der Waals surface area contributed by atoms with E-state index in [1.165, 1.54) is 5.56 Å². The van der Waals surface area contributed by atoms with Gasteiger partial charge in [-0.05, 0) is 12.5 Å². The molecular formula is C17H19F3N4O4. The minimum absolute atomic E-state index is 0.204. The Labute approximate surface area is 158 Å². The normalized spacial score (nSPS) is 22.1. The number of amides is 1. The number of fused-ring (bicyclic) bond motifs is 1. The fourth-order valence-corrected chi connectivity index (χ4v) is 3.61. The Kier molecular flexibility index (Phi) is 5.45. The second-order valence-corrected chi connectivity index (χ2v) is 6.67. The van der Waals surface area contributed by atoms with E-state index in [-0.39, 0.29) is 11.9 Å². The van der Waals surface area contributed by atoms with Crippen molar-refractivity contribution in [3.8, 4) is 0 Å². The quantitative estimate of drug-likeness (QED) is 0.848. The van der Waals surface area contributed by atoms with Gasteiger partial charge in [0, 0.05) is 44.4 Å². The largest absolute Gasteiger partial charge is 0.490 e. The van der Waals surface area contributed by atoms with E-state index in [0.717, 1.165) is 25.2 Å². The zero-order valence-electron chi connectivity index (χ0n) is 15.0. The molecule has 2 fully saturated rings. The molecule has 2 aliphatic heterocycles. The molecule has 152 valence electrons. The number of hydrogen-bond acceptors (Lipinski definition) is 5. The topological polar surface area (TPSA) is 91.8 Å². The first-order chi connectivity index (χ1) is 13.2. The molecule has 4 rings (SSSR count). The van der Waals surface area contributed by atoms with Crippen LogP contribution in [0.5, 0.6) is 0 Å². The molecule has 0 aromatic carbocycles. The van der Waals surface area contributed by atoms with Crippen LogP contribution in [0.4, 0.5) is 18.9 Å². The van der Waals surface area contributed by atoms with Crippen LogP contribution in [0.25, 0.3) is 0 Å².